The zero-order valence-corrected chi connectivity index (χ0v) is 13.8. The van der Waals surface area contributed by atoms with Crippen LogP contribution >= 0.6 is 0 Å². The number of piperidine rings is 1. The average molecular weight is 297 g/mol. The van der Waals surface area contributed by atoms with Crippen molar-refractivity contribution in [3.63, 3.8) is 0 Å². The molecule has 3 atom stereocenters. The first kappa shape index (κ1) is 16.7. The van der Waals surface area contributed by atoms with Gasteiger partial charge >= 0.3 is 5.97 Å². The van der Waals surface area contributed by atoms with E-state index in [1.807, 2.05) is 0 Å². The van der Waals surface area contributed by atoms with E-state index in [2.05, 4.69) is 16.7 Å². The van der Waals surface area contributed by atoms with Gasteiger partial charge in [0.2, 0.25) is 0 Å². The summed E-state index contributed by atoms with van der Waals surface area (Å²) < 4.78 is 4.80. The van der Waals surface area contributed by atoms with Crippen LogP contribution in [0.3, 0.4) is 0 Å². The molecule has 0 bridgehead atoms. The smallest absolute Gasteiger partial charge is 0.325 e. The molecule has 2 aliphatic rings. The number of nitrogens with two attached hydrogens (primary N) is 1. The molecular weight excluding hydrogens is 266 g/mol. The SMILES string of the molecule is COC(=O)C(C)(N)CC(C)N1CCC(N2CCCCC2)C1. The van der Waals surface area contributed by atoms with Crippen LogP contribution in [-0.2, 0) is 9.53 Å². The van der Waals surface area contributed by atoms with Gasteiger partial charge in [0.1, 0.15) is 5.54 Å². The number of carbonyl (C=O) groups excluding carboxylic acids is 1. The molecule has 122 valence electrons. The predicted octanol–water partition coefficient (Wildman–Crippen LogP) is 1.22. The van der Waals surface area contributed by atoms with Gasteiger partial charge in [-0.05, 0) is 52.6 Å². The molecule has 0 aromatic heterocycles. The van der Waals surface area contributed by atoms with Crippen LogP contribution in [0.5, 0.6) is 0 Å². The van der Waals surface area contributed by atoms with Crippen molar-refractivity contribution in [2.24, 2.45) is 5.73 Å². The molecule has 0 radical (unpaired) electrons. The van der Waals surface area contributed by atoms with Gasteiger partial charge in [-0.15, -0.1) is 0 Å². The molecule has 3 unspecified atom stereocenters. The van der Waals surface area contributed by atoms with Gasteiger partial charge < -0.3 is 10.5 Å². The lowest BCUT2D eigenvalue weighted by Crippen LogP contribution is -2.51. The zero-order chi connectivity index (χ0) is 15.5. The van der Waals surface area contributed by atoms with Crippen LogP contribution in [-0.4, -0.2) is 66.7 Å². The largest absolute Gasteiger partial charge is 0.468 e. The van der Waals surface area contributed by atoms with Gasteiger partial charge in [-0.3, -0.25) is 14.6 Å². The summed E-state index contributed by atoms with van der Waals surface area (Å²) >= 11 is 0. The van der Waals surface area contributed by atoms with Crippen molar-refractivity contribution in [3.05, 3.63) is 0 Å². The molecule has 0 aromatic rings. The topological polar surface area (TPSA) is 58.8 Å². The van der Waals surface area contributed by atoms with Crippen LogP contribution in [0.4, 0.5) is 0 Å². The number of rotatable bonds is 5. The maximum Gasteiger partial charge on any atom is 0.325 e. The number of esters is 1. The summed E-state index contributed by atoms with van der Waals surface area (Å²) in [5.41, 5.74) is 5.21. The fourth-order valence-electron chi connectivity index (χ4n) is 3.81. The molecule has 2 saturated heterocycles. The monoisotopic (exact) mass is 297 g/mol. The highest BCUT2D eigenvalue weighted by Gasteiger charge is 2.36. The Kier molecular flexibility index (Phi) is 5.63. The molecule has 2 heterocycles. The van der Waals surface area contributed by atoms with Gasteiger partial charge in [0.15, 0.2) is 0 Å². The normalized spacial score (nSPS) is 29.0. The summed E-state index contributed by atoms with van der Waals surface area (Å²) in [5.74, 6) is -0.318. The maximum atomic E-state index is 11.7. The Morgan fingerprint density at radius 3 is 2.62 bits per heavy atom. The maximum absolute atomic E-state index is 11.7. The van der Waals surface area contributed by atoms with E-state index in [1.54, 1.807) is 6.92 Å². The molecular formula is C16H31N3O2. The fraction of sp³-hybridized carbons (Fsp3) is 0.938. The molecule has 0 aromatic carbocycles. The van der Waals surface area contributed by atoms with Crippen molar-refractivity contribution < 1.29 is 9.53 Å². The van der Waals surface area contributed by atoms with E-state index in [9.17, 15) is 4.79 Å². The second-order valence-electron chi connectivity index (χ2n) is 7.00. The number of ether oxygens (including phenoxy) is 1. The lowest BCUT2D eigenvalue weighted by molar-refractivity contribution is -0.147. The molecule has 0 spiro atoms. The van der Waals surface area contributed by atoms with Crippen LogP contribution in [0, 0.1) is 0 Å². The lowest BCUT2D eigenvalue weighted by atomic mass is 9.94. The van der Waals surface area contributed by atoms with Gasteiger partial charge in [-0.1, -0.05) is 6.42 Å². The second-order valence-corrected chi connectivity index (χ2v) is 7.00. The van der Waals surface area contributed by atoms with Crippen molar-refractivity contribution in [1.29, 1.82) is 0 Å². The van der Waals surface area contributed by atoms with Crippen LogP contribution in [0.25, 0.3) is 0 Å². The van der Waals surface area contributed by atoms with Gasteiger partial charge in [0.05, 0.1) is 7.11 Å². The van der Waals surface area contributed by atoms with E-state index < -0.39 is 5.54 Å². The number of hydrogen-bond donors (Lipinski definition) is 1. The number of hydrogen-bond acceptors (Lipinski definition) is 5. The van der Waals surface area contributed by atoms with Crippen molar-refractivity contribution >= 4 is 5.97 Å². The summed E-state index contributed by atoms with van der Waals surface area (Å²) in [4.78, 5) is 16.9. The summed E-state index contributed by atoms with van der Waals surface area (Å²) in [6.45, 7) is 8.67. The van der Waals surface area contributed by atoms with Crippen LogP contribution < -0.4 is 5.73 Å². The van der Waals surface area contributed by atoms with Gasteiger partial charge in [-0.25, -0.2) is 0 Å². The highest BCUT2D eigenvalue weighted by atomic mass is 16.5. The molecule has 2 N–H and O–H groups in total. The third-order valence-corrected chi connectivity index (χ3v) is 5.10. The van der Waals surface area contributed by atoms with E-state index in [-0.39, 0.29) is 5.97 Å². The average Bonchev–Trinajstić information content (AvgIpc) is 2.96. The van der Waals surface area contributed by atoms with Crippen LogP contribution in [0.2, 0.25) is 0 Å². The summed E-state index contributed by atoms with van der Waals surface area (Å²) in [6, 6.07) is 1.00. The van der Waals surface area contributed by atoms with Crippen molar-refractivity contribution in [2.45, 2.75) is 63.6 Å². The minimum Gasteiger partial charge on any atom is -0.468 e. The predicted molar refractivity (Wildman–Crippen MR) is 84.1 cm³/mol. The Hall–Kier alpha value is -0.650. The first-order valence-corrected chi connectivity index (χ1v) is 8.29. The molecule has 2 fully saturated rings. The highest BCUT2D eigenvalue weighted by Crippen LogP contribution is 2.24. The molecule has 0 aliphatic carbocycles. The van der Waals surface area contributed by atoms with E-state index in [0.29, 0.717) is 18.5 Å². The van der Waals surface area contributed by atoms with Gasteiger partial charge in [0.25, 0.3) is 0 Å². The summed E-state index contributed by atoms with van der Waals surface area (Å²) in [7, 11) is 1.40. The molecule has 21 heavy (non-hydrogen) atoms. The molecule has 0 saturated carbocycles. The van der Waals surface area contributed by atoms with E-state index in [1.165, 1.54) is 45.9 Å². The lowest BCUT2D eigenvalue weighted by Gasteiger charge is -2.34. The van der Waals surface area contributed by atoms with Crippen molar-refractivity contribution in [3.8, 4) is 0 Å². The van der Waals surface area contributed by atoms with E-state index in [0.717, 1.165) is 13.1 Å². The Labute approximate surface area is 128 Å². The third kappa shape index (κ3) is 4.18. The molecule has 2 rings (SSSR count). The first-order valence-electron chi connectivity index (χ1n) is 8.29. The molecule has 5 heteroatoms. The second kappa shape index (κ2) is 7.07. The van der Waals surface area contributed by atoms with E-state index in [4.69, 9.17) is 10.5 Å². The molecule has 5 nitrogen and oxygen atoms in total. The molecule has 0 amide bonds. The molecule has 2 aliphatic heterocycles. The highest BCUT2D eigenvalue weighted by molar-refractivity contribution is 5.79. The fourth-order valence-corrected chi connectivity index (χ4v) is 3.81. The quantitative estimate of drug-likeness (QED) is 0.773. The minimum atomic E-state index is -0.891. The van der Waals surface area contributed by atoms with Crippen molar-refractivity contribution in [1.82, 2.24) is 9.80 Å². The summed E-state index contributed by atoms with van der Waals surface area (Å²) in [6.07, 6.45) is 5.95. The number of methoxy groups -OCH3 is 1. The minimum absolute atomic E-state index is 0.314. The van der Waals surface area contributed by atoms with E-state index >= 15 is 0 Å². The Balaban J connectivity index is 1.84. The number of carbonyl (C=O) groups is 1. The van der Waals surface area contributed by atoms with Gasteiger partial charge in [-0.2, -0.15) is 0 Å². The van der Waals surface area contributed by atoms with Crippen molar-refractivity contribution in [2.75, 3.05) is 33.3 Å². The van der Waals surface area contributed by atoms with Crippen LogP contribution in [0.15, 0.2) is 0 Å². The standard InChI is InChI=1S/C16H31N3O2/c1-13(11-16(2,17)15(20)21-3)19-10-7-14(12-19)18-8-5-4-6-9-18/h13-14H,4-12,17H2,1-3H3. The number of likely N-dealkylation sites (tertiary alicyclic amines) is 2. The summed E-state index contributed by atoms with van der Waals surface area (Å²) in [5, 5.41) is 0. The zero-order valence-electron chi connectivity index (χ0n) is 13.8. The Bertz CT molecular complexity index is 353. The Morgan fingerprint density at radius 2 is 2.00 bits per heavy atom. The Morgan fingerprint density at radius 1 is 1.33 bits per heavy atom. The van der Waals surface area contributed by atoms with Gasteiger partial charge in [0, 0.05) is 25.2 Å². The third-order valence-electron chi connectivity index (χ3n) is 5.10. The number of nitrogens with zero attached hydrogens (tertiary/aromatic N) is 2. The first-order chi connectivity index (χ1) is 9.94. The van der Waals surface area contributed by atoms with Crippen LogP contribution in [0.1, 0.15) is 46.0 Å².